The molecule has 1 rings (SSSR count). The molecule has 0 aliphatic rings. The summed E-state index contributed by atoms with van der Waals surface area (Å²) in [6.45, 7) is 2.35. The monoisotopic (exact) mass is 258 g/mol. The van der Waals surface area contributed by atoms with Gasteiger partial charge in [0.25, 0.3) is 5.69 Å². The molecule has 0 saturated carbocycles. The van der Waals surface area contributed by atoms with Gasteiger partial charge in [0.05, 0.1) is 21.7 Å². The van der Waals surface area contributed by atoms with Crippen LogP contribution in [0.5, 0.6) is 0 Å². The van der Waals surface area contributed by atoms with Crippen LogP contribution in [-0.2, 0) is 0 Å². The summed E-state index contributed by atoms with van der Waals surface area (Å²) in [6, 6.07) is 4.36. The first-order chi connectivity index (χ1) is 7.91. The van der Waals surface area contributed by atoms with E-state index >= 15 is 0 Å². The summed E-state index contributed by atoms with van der Waals surface area (Å²) in [6.07, 6.45) is 0.235. The van der Waals surface area contributed by atoms with Crippen molar-refractivity contribution in [2.24, 2.45) is 0 Å². The Morgan fingerprint density at radius 2 is 2.24 bits per heavy atom. The molecule has 0 saturated heterocycles. The van der Waals surface area contributed by atoms with Gasteiger partial charge in [0, 0.05) is 25.7 Å². The van der Waals surface area contributed by atoms with Crippen molar-refractivity contribution >= 4 is 23.0 Å². The number of hydrogen-bond acceptors (Lipinski definition) is 4. The molecular formula is C11H15ClN2O3. The van der Waals surface area contributed by atoms with Crippen LogP contribution in [0.15, 0.2) is 18.2 Å². The first-order valence-corrected chi connectivity index (χ1v) is 5.62. The third-order valence-electron chi connectivity index (χ3n) is 2.44. The Hall–Kier alpha value is -1.33. The standard InChI is InChI=1S/C11H15ClN2O3/c1-8(15)5-6-13(2)11-4-3-9(14(16)17)7-10(11)12/h3-4,7-8,15H,5-6H2,1-2H3. The maximum atomic E-state index is 10.5. The average molecular weight is 259 g/mol. The van der Waals surface area contributed by atoms with E-state index in [0.717, 1.165) is 5.69 Å². The van der Waals surface area contributed by atoms with Gasteiger partial charge >= 0.3 is 0 Å². The van der Waals surface area contributed by atoms with Crippen molar-refractivity contribution in [3.05, 3.63) is 33.3 Å². The molecule has 1 aromatic rings. The second kappa shape index (κ2) is 5.84. The van der Waals surface area contributed by atoms with E-state index in [1.165, 1.54) is 12.1 Å². The number of rotatable bonds is 5. The van der Waals surface area contributed by atoms with Crippen LogP contribution in [0.3, 0.4) is 0 Å². The fourth-order valence-corrected chi connectivity index (χ4v) is 1.74. The molecule has 5 nitrogen and oxygen atoms in total. The molecule has 1 aromatic carbocycles. The van der Waals surface area contributed by atoms with E-state index in [-0.39, 0.29) is 11.8 Å². The first kappa shape index (κ1) is 13.7. The largest absolute Gasteiger partial charge is 0.393 e. The van der Waals surface area contributed by atoms with Crippen molar-refractivity contribution in [2.45, 2.75) is 19.4 Å². The number of halogens is 1. The van der Waals surface area contributed by atoms with Gasteiger partial charge in [0.2, 0.25) is 0 Å². The Balaban J connectivity index is 2.81. The molecule has 1 unspecified atom stereocenters. The van der Waals surface area contributed by atoms with Gasteiger partial charge in [-0.1, -0.05) is 11.6 Å². The van der Waals surface area contributed by atoms with Crippen LogP contribution in [0.4, 0.5) is 11.4 Å². The van der Waals surface area contributed by atoms with Gasteiger partial charge in [-0.25, -0.2) is 0 Å². The number of nitro benzene ring substituents is 1. The predicted octanol–water partition coefficient (Wildman–Crippen LogP) is 2.46. The highest BCUT2D eigenvalue weighted by Gasteiger charge is 2.12. The number of aliphatic hydroxyl groups excluding tert-OH is 1. The van der Waals surface area contributed by atoms with Crippen LogP contribution >= 0.6 is 11.6 Å². The van der Waals surface area contributed by atoms with Crippen LogP contribution in [-0.4, -0.2) is 29.7 Å². The summed E-state index contributed by atoms with van der Waals surface area (Å²) < 4.78 is 0. The van der Waals surface area contributed by atoms with E-state index in [1.54, 1.807) is 13.0 Å². The summed E-state index contributed by atoms with van der Waals surface area (Å²) >= 11 is 5.98. The molecular weight excluding hydrogens is 244 g/mol. The minimum absolute atomic E-state index is 0.0253. The highest BCUT2D eigenvalue weighted by atomic mass is 35.5. The lowest BCUT2D eigenvalue weighted by atomic mass is 10.2. The molecule has 0 aliphatic heterocycles. The average Bonchev–Trinajstić information content (AvgIpc) is 2.25. The van der Waals surface area contributed by atoms with Crippen molar-refractivity contribution in [2.75, 3.05) is 18.5 Å². The van der Waals surface area contributed by atoms with E-state index in [1.807, 2.05) is 11.9 Å². The van der Waals surface area contributed by atoms with Gasteiger partial charge in [0.15, 0.2) is 0 Å². The summed E-state index contributed by atoms with van der Waals surface area (Å²) in [5, 5.41) is 20.1. The normalized spacial score (nSPS) is 12.2. The van der Waals surface area contributed by atoms with Crippen molar-refractivity contribution in [3.63, 3.8) is 0 Å². The third kappa shape index (κ3) is 3.87. The lowest BCUT2D eigenvalue weighted by Crippen LogP contribution is -2.22. The van der Waals surface area contributed by atoms with Gasteiger partial charge in [-0.05, 0) is 19.4 Å². The molecule has 17 heavy (non-hydrogen) atoms. The van der Waals surface area contributed by atoms with E-state index < -0.39 is 4.92 Å². The zero-order chi connectivity index (χ0) is 13.0. The van der Waals surface area contributed by atoms with Crippen molar-refractivity contribution in [1.82, 2.24) is 0 Å². The lowest BCUT2D eigenvalue weighted by Gasteiger charge is -2.21. The molecule has 0 bridgehead atoms. The molecule has 0 aromatic heterocycles. The van der Waals surface area contributed by atoms with Crippen molar-refractivity contribution < 1.29 is 10.0 Å². The van der Waals surface area contributed by atoms with E-state index in [9.17, 15) is 15.2 Å². The van der Waals surface area contributed by atoms with Crippen LogP contribution in [0.2, 0.25) is 5.02 Å². The topological polar surface area (TPSA) is 66.6 Å². The Morgan fingerprint density at radius 1 is 1.59 bits per heavy atom. The summed E-state index contributed by atoms with van der Waals surface area (Å²) in [5.41, 5.74) is 0.695. The quantitative estimate of drug-likeness (QED) is 0.651. The van der Waals surface area contributed by atoms with Gasteiger partial charge in [0.1, 0.15) is 0 Å². The Labute approximate surface area is 105 Å². The van der Waals surface area contributed by atoms with Crippen LogP contribution < -0.4 is 4.90 Å². The number of anilines is 1. The number of aliphatic hydroxyl groups is 1. The molecule has 0 spiro atoms. The fraction of sp³-hybridized carbons (Fsp3) is 0.455. The molecule has 94 valence electrons. The van der Waals surface area contributed by atoms with E-state index in [4.69, 9.17) is 11.6 Å². The van der Waals surface area contributed by atoms with Gasteiger partial charge < -0.3 is 10.0 Å². The van der Waals surface area contributed by atoms with Crippen LogP contribution in [0.1, 0.15) is 13.3 Å². The number of nitrogens with zero attached hydrogens (tertiary/aromatic N) is 2. The third-order valence-corrected chi connectivity index (χ3v) is 2.74. The number of nitro groups is 1. The van der Waals surface area contributed by atoms with Crippen molar-refractivity contribution in [3.8, 4) is 0 Å². The molecule has 0 heterocycles. The minimum atomic E-state index is -0.481. The Kier molecular flexibility index (Phi) is 4.72. The van der Waals surface area contributed by atoms with Crippen LogP contribution in [0.25, 0.3) is 0 Å². The van der Waals surface area contributed by atoms with E-state index in [0.29, 0.717) is 18.0 Å². The summed E-state index contributed by atoms with van der Waals surface area (Å²) in [4.78, 5) is 11.9. The second-order valence-electron chi connectivity index (χ2n) is 3.95. The number of non-ortho nitro benzene ring substituents is 1. The Bertz CT molecular complexity index is 410. The highest BCUT2D eigenvalue weighted by Crippen LogP contribution is 2.29. The maximum absolute atomic E-state index is 10.5. The van der Waals surface area contributed by atoms with Crippen molar-refractivity contribution in [1.29, 1.82) is 0 Å². The molecule has 1 atom stereocenters. The Morgan fingerprint density at radius 3 is 2.71 bits per heavy atom. The predicted molar refractivity (Wildman–Crippen MR) is 67.7 cm³/mol. The van der Waals surface area contributed by atoms with Gasteiger partial charge in [-0.15, -0.1) is 0 Å². The van der Waals surface area contributed by atoms with Gasteiger partial charge in [-0.2, -0.15) is 0 Å². The molecule has 0 amide bonds. The molecule has 1 N–H and O–H groups in total. The molecule has 6 heteroatoms. The zero-order valence-electron chi connectivity index (χ0n) is 9.76. The lowest BCUT2D eigenvalue weighted by molar-refractivity contribution is -0.384. The fourth-order valence-electron chi connectivity index (χ4n) is 1.42. The SMILES string of the molecule is CC(O)CCN(C)c1ccc([N+](=O)[O-])cc1Cl. The molecule has 0 radical (unpaired) electrons. The number of benzene rings is 1. The summed E-state index contributed by atoms with van der Waals surface area (Å²) in [5.74, 6) is 0. The highest BCUT2D eigenvalue weighted by molar-refractivity contribution is 6.33. The van der Waals surface area contributed by atoms with Crippen LogP contribution in [0, 0.1) is 10.1 Å². The molecule has 0 aliphatic carbocycles. The first-order valence-electron chi connectivity index (χ1n) is 5.25. The summed E-state index contributed by atoms with van der Waals surface area (Å²) in [7, 11) is 1.83. The smallest absolute Gasteiger partial charge is 0.271 e. The van der Waals surface area contributed by atoms with E-state index in [2.05, 4.69) is 0 Å². The maximum Gasteiger partial charge on any atom is 0.271 e. The second-order valence-corrected chi connectivity index (χ2v) is 4.36. The van der Waals surface area contributed by atoms with Gasteiger partial charge in [-0.3, -0.25) is 10.1 Å². The minimum Gasteiger partial charge on any atom is -0.393 e. The number of hydrogen-bond donors (Lipinski definition) is 1. The zero-order valence-corrected chi connectivity index (χ0v) is 10.5. The molecule has 0 fully saturated rings.